The molecule has 27 heavy (non-hydrogen) atoms. The number of ether oxygens (including phenoxy) is 2. The summed E-state index contributed by atoms with van der Waals surface area (Å²) in [7, 11) is 0. The van der Waals surface area contributed by atoms with Crippen LogP contribution in [0.25, 0.3) is 5.69 Å². The quantitative estimate of drug-likeness (QED) is 0.492. The van der Waals surface area contributed by atoms with Crippen LogP contribution < -0.4 is 10.1 Å². The smallest absolute Gasteiger partial charge is 0.331 e. The third kappa shape index (κ3) is 6.99. The number of nitrogens with one attached hydrogen (secondary N) is 1. The number of hydrogen-bond donors (Lipinski definition) is 2. The van der Waals surface area contributed by atoms with Gasteiger partial charge in [0.05, 0.1) is 5.69 Å². The zero-order valence-electron chi connectivity index (χ0n) is 15.4. The molecular weight excluding hydrogens is 348 g/mol. The number of benzene rings is 1. The van der Waals surface area contributed by atoms with E-state index in [1.807, 2.05) is 67.2 Å². The summed E-state index contributed by atoms with van der Waals surface area (Å²) in [5, 5.41) is 11.8. The summed E-state index contributed by atoms with van der Waals surface area (Å²) in [6.07, 6.45) is 4.89. The van der Waals surface area contributed by atoms with Crippen LogP contribution in [0.1, 0.15) is 13.8 Å². The molecule has 7 heteroatoms. The van der Waals surface area contributed by atoms with E-state index in [1.54, 1.807) is 0 Å². The Morgan fingerprint density at radius 1 is 1.15 bits per heavy atom. The molecule has 1 aromatic heterocycles. The molecule has 2 aromatic rings. The normalized spacial score (nSPS) is 12.3. The minimum absolute atomic E-state index is 0.130. The van der Waals surface area contributed by atoms with Gasteiger partial charge in [-0.1, -0.05) is 26.0 Å². The van der Waals surface area contributed by atoms with E-state index in [4.69, 9.17) is 14.6 Å². The standard InChI is InChI=1S/C20H24N2O5/c1-15(2)21-13-16(27-20(25)10-9-19(23)24)14-26-18-8-4-3-7-17(18)22-11-5-6-12-22/h3-12,15-16,21H,13-14H2,1-2H3,(H,23,24)/b10-9+. The number of nitrogens with zero attached hydrogens (tertiary/aromatic N) is 1. The third-order valence-electron chi connectivity index (χ3n) is 3.57. The Balaban J connectivity index is 2.05. The number of carboxylic acids is 1. The van der Waals surface area contributed by atoms with Gasteiger partial charge in [0.1, 0.15) is 18.5 Å². The zero-order chi connectivity index (χ0) is 19.6. The van der Waals surface area contributed by atoms with Gasteiger partial charge in [-0.05, 0) is 24.3 Å². The van der Waals surface area contributed by atoms with E-state index in [1.165, 1.54) is 0 Å². The first kappa shape index (κ1) is 20.3. The Morgan fingerprint density at radius 3 is 2.52 bits per heavy atom. The minimum Gasteiger partial charge on any atom is -0.487 e. The summed E-state index contributed by atoms with van der Waals surface area (Å²) in [4.78, 5) is 22.3. The van der Waals surface area contributed by atoms with Gasteiger partial charge >= 0.3 is 11.9 Å². The van der Waals surface area contributed by atoms with Gasteiger partial charge in [0.2, 0.25) is 0 Å². The number of hydrogen-bond acceptors (Lipinski definition) is 5. The minimum atomic E-state index is -1.21. The van der Waals surface area contributed by atoms with Crippen LogP contribution in [-0.4, -0.2) is 46.9 Å². The van der Waals surface area contributed by atoms with Crippen molar-refractivity contribution in [3.05, 3.63) is 60.9 Å². The van der Waals surface area contributed by atoms with Crippen LogP contribution in [0.15, 0.2) is 60.9 Å². The van der Waals surface area contributed by atoms with E-state index in [0.29, 0.717) is 12.3 Å². The lowest BCUT2D eigenvalue weighted by molar-refractivity contribution is -0.144. The highest BCUT2D eigenvalue weighted by Gasteiger charge is 2.16. The van der Waals surface area contributed by atoms with E-state index in [2.05, 4.69) is 5.32 Å². The van der Waals surface area contributed by atoms with Crippen LogP contribution in [0.2, 0.25) is 0 Å². The van der Waals surface area contributed by atoms with Gasteiger partial charge in [-0.15, -0.1) is 0 Å². The van der Waals surface area contributed by atoms with Crippen LogP contribution in [0.3, 0.4) is 0 Å². The number of aromatic nitrogens is 1. The number of aliphatic carboxylic acids is 1. The lowest BCUT2D eigenvalue weighted by atomic mass is 10.3. The molecule has 1 aromatic carbocycles. The highest BCUT2D eigenvalue weighted by atomic mass is 16.6. The first-order valence-electron chi connectivity index (χ1n) is 8.66. The fraction of sp³-hybridized carbons (Fsp3) is 0.300. The molecule has 0 saturated heterocycles. The maximum atomic E-state index is 11.8. The average Bonchev–Trinajstić information content (AvgIpc) is 3.17. The van der Waals surface area contributed by atoms with E-state index in [-0.39, 0.29) is 12.6 Å². The summed E-state index contributed by atoms with van der Waals surface area (Å²) < 4.78 is 13.2. The third-order valence-corrected chi connectivity index (χ3v) is 3.57. The summed E-state index contributed by atoms with van der Waals surface area (Å²) in [6, 6.07) is 11.6. The van der Waals surface area contributed by atoms with Gasteiger partial charge in [-0.3, -0.25) is 0 Å². The highest BCUT2D eigenvalue weighted by molar-refractivity contribution is 5.90. The van der Waals surface area contributed by atoms with Crippen molar-refractivity contribution in [1.29, 1.82) is 0 Å². The summed E-state index contributed by atoms with van der Waals surface area (Å²) in [5.74, 6) is -1.28. The molecule has 0 aliphatic rings. The molecule has 0 bridgehead atoms. The fourth-order valence-electron chi connectivity index (χ4n) is 2.32. The lowest BCUT2D eigenvalue weighted by Gasteiger charge is -2.21. The Morgan fingerprint density at radius 2 is 1.85 bits per heavy atom. The van der Waals surface area contributed by atoms with Gasteiger partial charge < -0.3 is 24.5 Å². The highest BCUT2D eigenvalue weighted by Crippen LogP contribution is 2.22. The maximum absolute atomic E-state index is 11.8. The zero-order valence-corrected chi connectivity index (χ0v) is 15.4. The van der Waals surface area contributed by atoms with Crippen molar-refractivity contribution in [2.24, 2.45) is 0 Å². The molecule has 7 nitrogen and oxygen atoms in total. The van der Waals surface area contributed by atoms with E-state index < -0.39 is 18.0 Å². The van der Waals surface area contributed by atoms with Gasteiger partial charge in [-0.2, -0.15) is 0 Å². The van der Waals surface area contributed by atoms with Gasteiger partial charge in [0, 0.05) is 37.1 Å². The Labute approximate surface area is 158 Å². The maximum Gasteiger partial charge on any atom is 0.331 e. The molecule has 2 N–H and O–H groups in total. The Kier molecular flexibility index (Phi) is 7.63. The Bertz CT molecular complexity index is 768. The van der Waals surface area contributed by atoms with Gasteiger partial charge in [0.15, 0.2) is 0 Å². The van der Waals surface area contributed by atoms with Crippen molar-refractivity contribution >= 4 is 11.9 Å². The van der Waals surface area contributed by atoms with Crippen LogP contribution in [0, 0.1) is 0 Å². The largest absolute Gasteiger partial charge is 0.487 e. The molecule has 0 radical (unpaired) electrons. The predicted molar refractivity (Wildman–Crippen MR) is 101 cm³/mol. The number of carboxylic acid groups (broad SMARTS) is 1. The topological polar surface area (TPSA) is 89.8 Å². The molecule has 0 saturated carbocycles. The molecule has 0 aliphatic carbocycles. The first-order chi connectivity index (χ1) is 13.0. The molecule has 0 spiro atoms. The number of rotatable bonds is 10. The lowest BCUT2D eigenvalue weighted by Crippen LogP contribution is -2.38. The molecule has 2 rings (SSSR count). The number of esters is 1. The summed E-state index contributed by atoms with van der Waals surface area (Å²) >= 11 is 0. The fourth-order valence-corrected chi connectivity index (χ4v) is 2.32. The van der Waals surface area contributed by atoms with E-state index in [9.17, 15) is 9.59 Å². The van der Waals surface area contributed by atoms with Gasteiger partial charge in [0.25, 0.3) is 0 Å². The summed E-state index contributed by atoms with van der Waals surface area (Å²) in [5.41, 5.74) is 0.871. The number of para-hydroxylation sites is 2. The number of carbonyl (C=O) groups excluding carboxylic acids is 1. The van der Waals surface area contributed by atoms with Gasteiger partial charge in [-0.25, -0.2) is 9.59 Å². The van der Waals surface area contributed by atoms with Crippen molar-refractivity contribution in [3.63, 3.8) is 0 Å². The molecule has 1 heterocycles. The predicted octanol–water partition coefficient (Wildman–Crippen LogP) is 2.41. The SMILES string of the molecule is CC(C)NCC(COc1ccccc1-n1cccc1)OC(=O)/C=C/C(=O)O. The van der Waals surface area contributed by atoms with Crippen LogP contribution in [-0.2, 0) is 14.3 Å². The van der Waals surface area contributed by atoms with Crippen molar-refractivity contribution in [1.82, 2.24) is 9.88 Å². The second-order valence-corrected chi connectivity index (χ2v) is 6.16. The van der Waals surface area contributed by atoms with Crippen LogP contribution in [0.5, 0.6) is 5.75 Å². The second kappa shape index (κ2) is 10.2. The van der Waals surface area contributed by atoms with Crippen molar-refractivity contribution in [3.8, 4) is 11.4 Å². The molecule has 0 fully saturated rings. The van der Waals surface area contributed by atoms with Crippen LogP contribution in [0.4, 0.5) is 0 Å². The van der Waals surface area contributed by atoms with Crippen LogP contribution >= 0.6 is 0 Å². The average molecular weight is 372 g/mol. The first-order valence-corrected chi connectivity index (χ1v) is 8.66. The molecule has 1 unspecified atom stereocenters. The van der Waals surface area contributed by atoms with Crippen molar-refractivity contribution in [2.45, 2.75) is 26.0 Å². The molecule has 144 valence electrons. The molecule has 0 aliphatic heterocycles. The molecule has 0 amide bonds. The molecular formula is C20H24N2O5. The monoisotopic (exact) mass is 372 g/mol. The number of carbonyl (C=O) groups is 2. The van der Waals surface area contributed by atoms with Crippen molar-refractivity contribution in [2.75, 3.05) is 13.2 Å². The van der Waals surface area contributed by atoms with Crippen molar-refractivity contribution < 1.29 is 24.2 Å². The Hall–Kier alpha value is -3.06. The second-order valence-electron chi connectivity index (χ2n) is 6.16. The van der Waals surface area contributed by atoms with E-state index in [0.717, 1.165) is 17.8 Å². The van der Waals surface area contributed by atoms with E-state index >= 15 is 0 Å². The summed E-state index contributed by atoms with van der Waals surface area (Å²) in [6.45, 7) is 4.47. The molecule has 1 atom stereocenters.